The number of benzene rings is 1. The summed E-state index contributed by atoms with van der Waals surface area (Å²) in [5.41, 5.74) is 0.820. The second-order valence-corrected chi connectivity index (χ2v) is 4.89. The van der Waals surface area contributed by atoms with E-state index in [1.165, 1.54) is 0 Å². The van der Waals surface area contributed by atoms with Crippen LogP contribution in [0.3, 0.4) is 0 Å². The first-order valence-electron chi connectivity index (χ1n) is 5.68. The lowest BCUT2D eigenvalue weighted by molar-refractivity contribution is -0.384. The van der Waals surface area contributed by atoms with Gasteiger partial charge in [-0.2, -0.15) is 0 Å². The van der Waals surface area contributed by atoms with Gasteiger partial charge in [-0.25, -0.2) is 0 Å². The number of halogens is 1. The third kappa shape index (κ3) is 3.19. The lowest BCUT2D eigenvalue weighted by atomic mass is 10.1. The van der Waals surface area contributed by atoms with E-state index in [1.54, 1.807) is 12.1 Å². The van der Waals surface area contributed by atoms with E-state index in [2.05, 4.69) is 29.8 Å². The Kier molecular flexibility index (Phi) is 4.93. The molecule has 0 bridgehead atoms. The van der Waals surface area contributed by atoms with Crippen molar-refractivity contribution in [3.05, 3.63) is 32.8 Å². The SMILES string of the molecule is CCC(CC)N(C)c1ccc(Br)cc1[N+](=O)[O-]. The first kappa shape index (κ1) is 14.0. The van der Waals surface area contributed by atoms with E-state index in [-0.39, 0.29) is 10.6 Å². The Labute approximate surface area is 110 Å². The van der Waals surface area contributed by atoms with Gasteiger partial charge in [-0.3, -0.25) is 10.1 Å². The van der Waals surface area contributed by atoms with E-state index in [0.29, 0.717) is 11.7 Å². The fourth-order valence-electron chi connectivity index (χ4n) is 1.97. The standard InChI is InChI=1S/C12H17BrN2O2/c1-4-10(5-2)14(3)11-7-6-9(13)8-12(11)15(16)17/h6-8,10H,4-5H2,1-3H3. The van der Waals surface area contributed by atoms with Crippen LogP contribution in [0.2, 0.25) is 0 Å². The smallest absolute Gasteiger partial charge is 0.293 e. The van der Waals surface area contributed by atoms with Gasteiger partial charge in [0.15, 0.2) is 0 Å². The van der Waals surface area contributed by atoms with E-state index < -0.39 is 0 Å². The quantitative estimate of drug-likeness (QED) is 0.610. The fraction of sp³-hybridized carbons (Fsp3) is 0.500. The molecular formula is C12H17BrN2O2. The molecule has 1 rings (SSSR count). The minimum atomic E-state index is -0.334. The summed E-state index contributed by atoms with van der Waals surface area (Å²) < 4.78 is 0.728. The Bertz CT molecular complexity index is 405. The highest BCUT2D eigenvalue weighted by Crippen LogP contribution is 2.32. The molecule has 0 amide bonds. The number of nitrogens with zero attached hydrogens (tertiary/aromatic N) is 2. The Morgan fingerprint density at radius 2 is 2.00 bits per heavy atom. The molecule has 0 radical (unpaired) electrons. The zero-order valence-corrected chi connectivity index (χ0v) is 11.9. The first-order valence-corrected chi connectivity index (χ1v) is 6.47. The monoisotopic (exact) mass is 300 g/mol. The van der Waals surface area contributed by atoms with Crippen molar-refractivity contribution in [1.29, 1.82) is 0 Å². The molecule has 0 N–H and O–H groups in total. The zero-order chi connectivity index (χ0) is 13.0. The maximum absolute atomic E-state index is 11.0. The Hall–Kier alpha value is -1.10. The van der Waals surface area contributed by atoms with Crippen LogP contribution in [0.5, 0.6) is 0 Å². The molecule has 1 aromatic rings. The van der Waals surface area contributed by atoms with Gasteiger partial charge in [0.05, 0.1) is 4.92 Å². The molecule has 94 valence electrons. The summed E-state index contributed by atoms with van der Waals surface area (Å²) >= 11 is 3.26. The van der Waals surface area contributed by atoms with E-state index in [4.69, 9.17) is 0 Å². The van der Waals surface area contributed by atoms with Crippen LogP contribution in [0.4, 0.5) is 11.4 Å². The third-order valence-electron chi connectivity index (χ3n) is 3.00. The summed E-state index contributed by atoms with van der Waals surface area (Å²) in [5, 5.41) is 11.0. The van der Waals surface area contributed by atoms with E-state index in [0.717, 1.165) is 17.3 Å². The average Bonchev–Trinajstić information content (AvgIpc) is 2.30. The molecule has 5 heteroatoms. The molecule has 0 unspecified atom stereocenters. The molecular weight excluding hydrogens is 284 g/mol. The lowest BCUT2D eigenvalue weighted by Gasteiger charge is -2.28. The van der Waals surface area contributed by atoms with Crippen LogP contribution >= 0.6 is 15.9 Å². The van der Waals surface area contributed by atoms with Gasteiger partial charge in [0.2, 0.25) is 0 Å². The zero-order valence-electron chi connectivity index (χ0n) is 10.3. The van der Waals surface area contributed by atoms with Crippen molar-refractivity contribution >= 4 is 27.3 Å². The molecule has 0 atom stereocenters. The van der Waals surface area contributed by atoms with E-state index >= 15 is 0 Å². The molecule has 1 aromatic carbocycles. The molecule has 0 aliphatic heterocycles. The predicted octanol–water partition coefficient (Wildman–Crippen LogP) is 3.98. The summed E-state index contributed by atoms with van der Waals surface area (Å²) in [4.78, 5) is 12.7. The topological polar surface area (TPSA) is 46.4 Å². The third-order valence-corrected chi connectivity index (χ3v) is 3.50. The van der Waals surface area contributed by atoms with Gasteiger partial charge in [0, 0.05) is 23.6 Å². The molecule has 0 aromatic heterocycles. The summed E-state index contributed by atoms with van der Waals surface area (Å²) in [5.74, 6) is 0. The molecule has 4 nitrogen and oxygen atoms in total. The second kappa shape index (κ2) is 6.00. The van der Waals surface area contributed by atoms with E-state index in [9.17, 15) is 10.1 Å². The summed E-state index contributed by atoms with van der Waals surface area (Å²) in [6.45, 7) is 4.19. The van der Waals surface area contributed by atoms with Crippen LogP contribution < -0.4 is 4.90 Å². The molecule has 0 heterocycles. The van der Waals surface area contributed by atoms with Crippen molar-refractivity contribution < 1.29 is 4.92 Å². The summed E-state index contributed by atoms with van der Waals surface area (Å²) in [7, 11) is 1.91. The minimum absolute atomic E-state index is 0.147. The maximum atomic E-state index is 11.0. The molecule has 0 saturated heterocycles. The molecule has 0 spiro atoms. The maximum Gasteiger partial charge on any atom is 0.293 e. The largest absolute Gasteiger partial charge is 0.366 e. The average molecular weight is 301 g/mol. The number of hydrogen-bond acceptors (Lipinski definition) is 3. The normalized spacial score (nSPS) is 10.6. The van der Waals surface area contributed by atoms with Crippen LogP contribution in [-0.2, 0) is 0 Å². The van der Waals surface area contributed by atoms with Crippen molar-refractivity contribution in [3.63, 3.8) is 0 Å². The van der Waals surface area contributed by atoms with Crippen molar-refractivity contribution in [2.24, 2.45) is 0 Å². The summed E-state index contributed by atoms with van der Waals surface area (Å²) in [6.07, 6.45) is 1.94. The van der Waals surface area contributed by atoms with Crippen LogP contribution in [0, 0.1) is 10.1 Å². The Morgan fingerprint density at radius 3 is 2.47 bits per heavy atom. The fourth-order valence-corrected chi connectivity index (χ4v) is 2.32. The number of rotatable bonds is 5. The Morgan fingerprint density at radius 1 is 1.41 bits per heavy atom. The Balaban J connectivity index is 3.16. The van der Waals surface area contributed by atoms with Crippen molar-refractivity contribution in [2.75, 3.05) is 11.9 Å². The van der Waals surface area contributed by atoms with Crippen molar-refractivity contribution in [3.8, 4) is 0 Å². The number of anilines is 1. The van der Waals surface area contributed by atoms with Crippen molar-refractivity contribution in [1.82, 2.24) is 0 Å². The minimum Gasteiger partial charge on any atom is -0.366 e. The van der Waals surface area contributed by atoms with Crippen LogP contribution in [0.15, 0.2) is 22.7 Å². The van der Waals surface area contributed by atoms with Gasteiger partial charge in [-0.1, -0.05) is 29.8 Å². The second-order valence-electron chi connectivity index (χ2n) is 3.97. The predicted molar refractivity (Wildman–Crippen MR) is 73.6 cm³/mol. The number of nitro groups is 1. The highest BCUT2D eigenvalue weighted by Gasteiger charge is 2.21. The highest BCUT2D eigenvalue weighted by atomic mass is 79.9. The number of nitro benzene ring substituents is 1. The van der Waals surface area contributed by atoms with Gasteiger partial charge >= 0.3 is 0 Å². The van der Waals surface area contributed by atoms with Crippen LogP contribution in [0.25, 0.3) is 0 Å². The van der Waals surface area contributed by atoms with Gasteiger partial charge in [0.25, 0.3) is 5.69 Å². The van der Waals surface area contributed by atoms with Crippen LogP contribution in [0.1, 0.15) is 26.7 Å². The first-order chi connectivity index (χ1) is 8.01. The van der Waals surface area contributed by atoms with Crippen LogP contribution in [-0.4, -0.2) is 18.0 Å². The summed E-state index contributed by atoms with van der Waals surface area (Å²) in [6, 6.07) is 5.51. The molecule has 0 saturated carbocycles. The van der Waals surface area contributed by atoms with Gasteiger partial charge in [0.1, 0.15) is 5.69 Å². The van der Waals surface area contributed by atoms with Gasteiger partial charge in [-0.05, 0) is 25.0 Å². The lowest BCUT2D eigenvalue weighted by Crippen LogP contribution is -2.30. The van der Waals surface area contributed by atoms with Crippen molar-refractivity contribution in [2.45, 2.75) is 32.7 Å². The molecule has 17 heavy (non-hydrogen) atoms. The number of hydrogen-bond donors (Lipinski definition) is 0. The van der Waals surface area contributed by atoms with Gasteiger partial charge in [-0.15, -0.1) is 0 Å². The molecule has 0 aliphatic rings. The van der Waals surface area contributed by atoms with E-state index in [1.807, 2.05) is 18.0 Å². The van der Waals surface area contributed by atoms with Gasteiger partial charge < -0.3 is 4.90 Å². The highest BCUT2D eigenvalue weighted by molar-refractivity contribution is 9.10. The molecule has 0 fully saturated rings. The molecule has 0 aliphatic carbocycles.